The maximum Gasteiger partial charge on any atom is 0.387 e. The van der Waals surface area contributed by atoms with E-state index in [-0.39, 0.29) is 42.2 Å². The van der Waals surface area contributed by atoms with Gasteiger partial charge in [-0.1, -0.05) is 6.07 Å². The predicted octanol–water partition coefficient (Wildman–Crippen LogP) is 3.62. The van der Waals surface area contributed by atoms with Gasteiger partial charge in [-0.2, -0.15) is 8.78 Å². The van der Waals surface area contributed by atoms with E-state index in [2.05, 4.69) is 15.0 Å². The first-order valence-electron chi connectivity index (χ1n) is 7.26. The number of rotatable bonds is 8. The molecule has 0 atom stereocenters. The molecule has 0 unspecified atom stereocenters. The van der Waals surface area contributed by atoms with Crippen LogP contribution in [0.2, 0.25) is 0 Å². The van der Waals surface area contributed by atoms with E-state index in [9.17, 15) is 8.78 Å². The number of hydrogen-bond acceptors (Lipinski definition) is 4. The van der Waals surface area contributed by atoms with Crippen molar-refractivity contribution in [3.8, 4) is 11.5 Å². The molecule has 2 rings (SSSR count). The first-order chi connectivity index (χ1) is 11.6. The monoisotopic (exact) mass is 483 g/mol. The highest BCUT2D eigenvalue weighted by Crippen LogP contribution is 2.27. The molecule has 0 radical (unpaired) electrons. The van der Waals surface area contributed by atoms with Gasteiger partial charge < -0.3 is 20.5 Å². The van der Waals surface area contributed by atoms with E-state index in [1.54, 1.807) is 23.5 Å². The Morgan fingerprint density at radius 2 is 2.16 bits per heavy atom. The molecule has 138 valence electrons. The number of nitrogens with two attached hydrogens (primary N) is 1. The summed E-state index contributed by atoms with van der Waals surface area (Å²) in [6.45, 7) is -2.14. The van der Waals surface area contributed by atoms with Crippen molar-refractivity contribution in [3.05, 3.63) is 46.2 Å². The van der Waals surface area contributed by atoms with E-state index in [0.717, 1.165) is 6.42 Å². The van der Waals surface area contributed by atoms with Gasteiger partial charge in [-0.25, -0.2) is 4.99 Å². The van der Waals surface area contributed by atoms with Gasteiger partial charge in [-0.3, -0.25) is 0 Å². The summed E-state index contributed by atoms with van der Waals surface area (Å²) in [6, 6.07) is 8.72. The third kappa shape index (κ3) is 7.43. The summed E-state index contributed by atoms with van der Waals surface area (Å²) in [4.78, 5) is 5.41. The molecule has 0 fully saturated rings. The second-order valence-electron chi connectivity index (χ2n) is 4.81. The summed E-state index contributed by atoms with van der Waals surface area (Å²) >= 11 is 1.68. The van der Waals surface area contributed by atoms with Crippen LogP contribution in [0.15, 0.2) is 40.7 Å². The van der Waals surface area contributed by atoms with Gasteiger partial charge in [0.15, 0.2) is 5.96 Å². The number of hydrogen-bond donors (Lipinski definition) is 2. The maximum absolute atomic E-state index is 12.5. The third-order valence-corrected chi connectivity index (χ3v) is 4.10. The highest BCUT2D eigenvalue weighted by atomic mass is 127. The van der Waals surface area contributed by atoms with Crippen molar-refractivity contribution in [2.45, 2.75) is 19.6 Å². The Balaban J connectivity index is 0.00000312. The van der Waals surface area contributed by atoms with Crippen LogP contribution >= 0.6 is 35.3 Å². The van der Waals surface area contributed by atoms with E-state index in [1.807, 2.05) is 17.5 Å². The fraction of sp³-hybridized carbons (Fsp3) is 0.312. The summed E-state index contributed by atoms with van der Waals surface area (Å²) in [7, 11) is 1.45. The second kappa shape index (κ2) is 11.1. The lowest BCUT2D eigenvalue weighted by Crippen LogP contribution is -2.33. The van der Waals surface area contributed by atoms with E-state index in [4.69, 9.17) is 10.5 Å². The van der Waals surface area contributed by atoms with Gasteiger partial charge in [-0.15, -0.1) is 35.3 Å². The van der Waals surface area contributed by atoms with Crippen LogP contribution in [0.3, 0.4) is 0 Å². The second-order valence-corrected chi connectivity index (χ2v) is 5.84. The van der Waals surface area contributed by atoms with Crippen molar-refractivity contribution in [3.63, 3.8) is 0 Å². The molecule has 0 spiro atoms. The fourth-order valence-corrected chi connectivity index (χ4v) is 2.70. The van der Waals surface area contributed by atoms with Gasteiger partial charge in [0.25, 0.3) is 0 Å². The number of halogens is 3. The van der Waals surface area contributed by atoms with Gasteiger partial charge in [0.1, 0.15) is 11.5 Å². The molecule has 0 amide bonds. The molecule has 0 aliphatic rings. The van der Waals surface area contributed by atoms with Crippen molar-refractivity contribution in [2.75, 3.05) is 13.7 Å². The quantitative estimate of drug-likeness (QED) is 0.342. The van der Waals surface area contributed by atoms with Crippen molar-refractivity contribution in [1.29, 1.82) is 0 Å². The van der Waals surface area contributed by atoms with Crippen LogP contribution in [-0.2, 0) is 13.0 Å². The Morgan fingerprint density at radius 3 is 2.80 bits per heavy atom. The molecular weight excluding hydrogens is 463 g/mol. The van der Waals surface area contributed by atoms with Gasteiger partial charge in [0.2, 0.25) is 0 Å². The molecule has 5 nitrogen and oxygen atoms in total. The normalized spacial score (nSPS) is 11.1. The van der Waals surface area contributed by atoms with Crippen LogP contribution in [0.5, 0.6) is 11.5 Å². The van der Waals surface area contributed by atoms with Crippen LogP contribution in [0.1, 0.15) is 10.4 Å². The SMILES string of the molecule is COc1ccc(CN=C(N)NCCc2cccs2)c(OC(F)F)c1.I. The molecule has 0 aliphatic heterocycles. The van der Waals surface area contributed by atoms with Gasteiger partial charge in [0.05, 0.1) is 13.7 Å². The molecule has 25 heavy (non-hydrogen) atoms. The smallest absolute Gasteiger partial charge is 0.387 e. The highest BCUT2D eigenvalue weighted by Gasteiger charge is 2.11. The molecule has 1 heterocycles. The molecule has 0 aliphatic carbocycles. The average molecular weight is 483 g/mol. The van der Waals surface area contributed by atoms with Crippen molar-refractivity contribution in [1.82, 2.24) is 5.32 Å². The summed E-state index contributed by atoms with van der Waals surface area (Å²) < 4.78 is 34.5. The number of nitrogens with one attached hydrogen (secondary N) is 1. The molecular formula is C16H20F2IN3O2S. The van der Waals surface area contributed by atoms with Crippen molar-refractivity contribution >= 4 is 41.3 Å². The van der Waals surface area contributed by atoms with E-state index in [0.29, 0.717) is 17.9 Å². The average Bonchev–Trinajstić information content (AvgIpc) is 3.06. The first-order valence-corrected chi connectivity index (χ1v) is 8.14. The number of guanidine groups is 1. The largest absolute Gasteiger partial charge is 0.497 e. The number of thiophene rings is 1. The summed E-state index contributed by atoms with van der Waals surface area (Å²) in [5, 5.41) is 5.01. The topological polar surface area (TPSA) is 68.9 Å². The molecule has 0 saturated carbocycles. The number of benzene rings is 1. The first kappa shape index (κ1) is 21.4. The number of methoxy groups -OCH3 is 1. The summed E-state index contributed by atoms with van der Waals surface area (Å²) in [5.41, 5.74) is 6.30. The summed E-state index contributed by atoms with van der Waals surface area (Å²) in [5.74, 6) is 0.713. The molecule has 0 saturated heterocycles. The third-order valence-electron chi connectivity index (χ3n) is 3.17. The van der Waals surface area contributed by atoms with Crippen LogP contribution in [-0.4, -0.2) is 26.2 Å². The van der Waals surface area contributed by atoms with Gasteiger partial charge >= 0.3 is 6.61 Å². The molecule has 2 aromatic rings. The minimum absolute atomic E-state index is 0. The van der Waals surface area contributed by atoms with E-state index in [1.165, 1.54) is 18.1 Å². The predicted molar refractivity (Wildman–Crippen MR) is 106 cm³/mol. The van der Waals surface area contributed by atoms with E-state index < -0.39 is 6.61 Å². The standard InChI is InChI=1S/C16H19F2N3O2S.HI/c1-22-12-5-4-11(14(9-12)23-15(17)18)10-21-16(19)20-7-6-13-3-2-8-24-13;/h2-5,8-9,15H,6-7,10H2,1H3,(H3,19,20,21);1H. The fourth-order valence-electron chi connectivity index (χ4n) is 1.99. The Bertz CT molecular complexity index is 669. The molecule has 1 aromatic carbocycles. The number of alkyl halides is 2. The Hall–Kier alpha value is -1.62. The maximum atomic E-state index is 12.5. The zero-order chi connectivity index (χ0) is 17.4. The van der Waals surface area contributed by atoms with Crippen molar-refractivity contribution < 1.29 is 18.3 Å². The van der Waals surface area contributed by atoms with Gasteiger partial charge in [0, 0.05) is 23.1 Å². The van der Waals surface area contributed by atoms with E-state index >= 15 is 0 Å². The summed E-state index contributed by atoms with van der Waals surface area (Å²) in [6.07, 6.45) is 0.843. The van der Waals surface area contributed by atoms with Crippen LogP contribution in [0.4, 0.5) is 8.78 Å². The number of aliphatic imine (C=N–C) groups is 1. The number of nitrogens with zero attached hydrogens (tertiary/aromatic N) is 1. The van der Waals surface area contributed by atoms with Gasteiger partial charge in [-0.05, 0) is 30.0 Å². The number of ether oxygens (including phenoxy) is 2. The highest BCUT2D eigenvalue weighted by molar-refractivity contribution is 14.0. The molecule has 1 aromatic heterocycles. The molecule has 9 heteroatoms. The van der Waals surface area contributed by atoms with Crippen LogP contribution < -0.4 is 20.5 Å². The Labute approximate surface area is 166 Å². The minimum Gasteiger partial charge on any atom is -0.497 e. The van der Waals surface area contributed by atoms with Crippen LogP contribution in [0, 0.1) is 0 Å². The van der Waals surface area contributed by atoms with Crippen LogP contribution in [0.25, 0.3) is 0 Å². The minimum atomic E-state index is -2.92. The zero-order valence-corrected chi connectivity index (χ0v) is 16.7. The molecule has 3 N–H and O–H groups in total. The lowest BCUT2D eigenvalue weighted by atomic mass is 10.2. The lowest BCUT2D eigenvalue weighted by Gasteiger charge is -2.11. The van der Waals surface area contributed by atoms with Crippen molar-refractivity contribution in [2.24, 2.45) is 10.7 Å². The Kier molecular flexibility index (Phi) is 9.50. The zero-order valence-electron chi connectivity index (χ0n) is 13.6. The molecule has 0 bridgehead atoms. The Morgan fingerprint density at radius 1 is 1.36 bits per heavy atom. The lowest BCUT2D eigenvalue weighted by molar-refractivity contribution is -0.0505.